The zero-order chi connectivity index (χ0) is 21.8. The first kappa shape index (κ1) is 20.9. The summed E-state index contributed by atoms with van der Waals surface area (Å²) in [6.45, 7) is 2.40. The quantitative estimate of drug-likeness (QED) is 0.459. The summed E-state index contributed by atoms with van der Waals surface area (Å²) >= 11 is 6.16. The van der Waals surface area contributed by atoms with Crippen LogP contribution in [0.25, 0.3) is 11.1 Å². The molecule has 0 bridgehead atoms. The van der Waals surface area contributed by atoms with Gasteiger partial charge in [-0.3, -0.25) is 0 Å². The Morgan fingerprint density at radius 1 is 1.13 bits per heavy atom. The van der Waals surface area contributed by atoms with E-state index in [1.54, 1.807) is 4.57 Å². The number of imidazole rings is 1. The van der Waals surface area contributed by atoms with E-state index < -0.39 is 12.1 Å². The Morgan fingerprint density at radius 3 is 2.55 bits per heavy atom. The predicted octanol–water partition coefficient (Wildman–Crippen LogP) is 6.12. The van der Waals surface area contributed by atoms with Crippen LogP contribution in [-0.4, -0.2) is 20.6 Å². The third-order valence-corrected chi connectivity index (χ3v) is 5.41. The molecule has 0 saturated heterocycles. The molecule has 2 aromatic carbocycles. The first-order valence-corrected chi connectivity index (χ1v) is 10.4. The van der Waals surface area contributed by atoms with E-state index in [0.29, 0.717) is 18.8 Å². The topological polar surface area (TPSA) is 105 Å². The third kappa shape index (κ3) is 4.39. The van der Waals surface area contributed by atoms with Crippen LogP contribution in [0.5, 0.6) is 0 Å². The summed E-state index contributed by atoms with van der Waals surface area (Å²) in [6.07, 6.45) is 2.00. The van der Waals surface area contributed by atoms with E-state index >= 15 is 0 Å². The molecular formula is C22H21ClN6O2. The molecule has 9 heteroatoms. The molecule has 0 unspecified atom stereocenters. The Morgan fingerprint density at radius 2 is 1.87 bits per heavy atom. The van der Waals surface area contributed by atoms with Crippen molar-refractivity contribution in [3.05, 3.63) is 76.3 Å². The largest absolute Gasteiger partial charge is 0.476 e. The highest BCUT2D eigenvalue weighted by Gasteiger charge is 2.23. The molecule has 31 heavy (non-hydrogen) atoms. The molecule has 3 aromatic rings. The number of carboxylic acid groups (broad SMARTS) is 1. The lowest BCUT2D eigenvalue weighted by Gasteiger charge is -2.15. The van der Waals surface area contributed by atoms with E-state index in [1.165, 1.54) is 0 Å². The predicted molar refractivity (Wildman–Crippen MR) is 116 cm³/mol. The van der Waals surface area contributed by atoms with Gasteiger partial charge in [0.1, 0.15) is 5.82 Å². The van der Waals surface area contributed by atoms with Gasteiger partial charge in [-0.2, -0.15) is 0 Å². The first-order valence-electron chi connectivity index (χ1n) is 10.0. The number of aryl methyl sites for hydroxylation is 1. The molecule has 0 fully saturated rings. The van der Waals surface area contributed by atoms with Gasteiger partial charge in [-0.15, -0.1) is 10.2 Å². The Bertz CT molecular complexity index is 1140. The zero-order valence-electron chi connectivity index (χ0n) is 16.9. The van der Waals surface area contributed by atoms with E-state index in [2.05, 4.69) is 32.6 Å². The third-order valence-electron chi connectivity index (χ3n) is 5.14. The lowest BCUT2D eigenvalue weighted by Crippen LogP contribution is -2.13. The summed E-state index contributed by atoms with van der Waals surface area (Å²) in [5.41, 5.74) is 3.75. The van der Waals surface area contributed by atoms with Gasteiger partial charge >= 0.3 is 5.97 Å². The molecule has 1 N–H and O–H groups in total. The molecule has 4 rings (SSSR count). The van der Waals surface area contributed by atoms with Crippen molar-refractivity contribution < 1.29 is 9.90 Å². The minimum Gasteiger partial charge on any atom is -0.476 e. The van der Waals surface area contributed by atoms with Crippen LogP contribution in [0.4, 0.5) is 0 Å². The number of rotatable bonds is 8. The van der Waals surface area contributed by atoms with E-state index in [-0.39, 0.29) is 10.8 Å². The highest BCUT2D eigenvalue weighted by molar-refractivity contribution is 6.32. The maximum absolute atomic E-state index is 11.8. The van der Waals surface area contributed by atoms with Gasteiger partial charge in [0.2, 0.25) is 6.17 Å². The van der Waals surface area contributed by atoms with Gasteiger partial charge in [-0.25, -0.2) is 9.78 Å². The SMILES string of the molecule is CCCCc1nc(Cl)c(C(=O)O)n1Cc1ccc(-c2ccccc2)c(C2N=NN=N2)c1. The second-order valence-corrected chi connectivity index (χ2v) is 7.59. The fourth-order valence-electron chi connectivity index (χ4n) is 3.65. The van der Waals surface area contributed by atoms with Crippen LogP contribution >= 0.6 is 11.6 Å². The van der Waals surface area contributed by atoms with Crippen molar-refractivity contribution >= 4 is 17.6 Å². The summed E-state index contributed by atoms with van der Waals surface area (Å²) in [5, 5.41) is 25.2. The van der Waals surface area contributed by atoms with Gasteiger partial charge in [0.15, 0.2) is 10.8 Å². The van der Waals surface area contributed by atoms with Crippen LogP contribution in [0, 0.1) is 0 Å². The minimum atomic E-state index is -1.10. The maximum Gasteiger partial charge on any atom is 0.355 e. The van der Waals surface area contributed by atoms with Crippen molar-refractivity contribution in [2.24, 2.45) is 20.7 Å². The number of carboxylic acids is 1. The number of benzene rings is 2. The number of halogens is 1. The first-order chi connectivity index (χ1) is 15.1. The number of nitrogens with zero attached hydrogens (tertiary/aromatic N) is 6. The molecule has 0 amide bonds. The standard InChI is InChI=1S/C22H21ClN6O2/c1-2-3-9-18-24-20(23)19(22(30)31)29(18)13-14-10-11-16(15-7-5-4-6-8-15)17(12-14)21-25-27-28-26-21/h4-8,10-12,21H,2-3,9,13H2,1H3,(H,30,31). The molecule has 0 spiro atoms. The maximum atomic E-state index is 11.8. The second-order valence-electron chi connectivity index (χ2n) is 7.23. The van der Waals surface area contributed by atoms with Gasteiger partial charge in [0, 0.05) is 18.5 Å². The Kier molecular flexibility index (Phi) is 6.18. The Labute approximate surface area is 184 Å². The molecule has 0 radical (unpaired) electrons. The van der Waals surface area contributed by atoms with E-state index in [9.17, 15) is 9.90 Å². The van der Waals surface area contributed by atoms with Crippen LogP contribution in [-0.2, 0) is 13.0 Å². The molecule has 8 nitrogen and oxygen atoms in total. The van der Waals surface area contributed by atoms with Crippen molar-refractivity contribution in [2.45, 2.75) is 38.9 Å². The molecule has 0 atom stereocenters. The van der Waals surface area contributed by atoms with Gasteiger partial charge in [-0.1, -0.05) is 67.4 Å². The van der Waals surface area contributed by atoms with Crippen molar-refractivity contribution in [1.82, 2.24) is 9.55 Å². The zero-order valence-corrected chi connectivity index (χ0v) is 17.7. The summed E-state index contributed by atoms with van der Waals surface area (Å²) in [7, 11) is 0. The lowest BCUT2D eigenvalue weighted by molar-refractivity contribution is 0.0685. The van der Waals surface area contributed by atoms with Crippen molar-refractivity contribution in [3.8, 4) is 11.1 Å². The summed E-state index contributed by atoms with van der Waals surface area (Å²) in [6, 6.07) is 15.9. The monoisotopic (exact) mass is 436 g/mol. The highest BCUT2D eigenvalue weighted by Crippen LogP contribution is 2.34. The van der Waals surface area contributed by atoms with Crippen LogP contribution in [0.2, 0.25) is 5.15 Å². The molecule has 1 aliphatic heterocycles. The molecule has 1 aliphatic rings. The number of aromatic carboxylic acids is 1. The number of aromatic nitrogens is 2. The van der Waals surface area contributed by atoms with Crippen LogP contribution < -0.4 is 0 Å². The van der Waals surface area contributed by atoms with Crippen LogP contribution in [0.1, 0.15) is 53.4 Å². The molecular weight excluding hydrogens is 416 g/mol. The minimum absolute atomic E-state index is 0.00157. The van der Waals surface area contributed by atoms with Gasteiger partial charge in [0.05, 0.1) is 0 Å². The van der Waals surface area contributed by atoms with Crippen LogP contribution in [0.15, 0.2) is 69.2 Å². The van der Waals surface area contributed by atoms with Gasteiger partial charge in [0.25, 0.3) is 0 Å². The molecule has 0 saturated carbocycles. The number of carbonyl (C=O) groups is 1. The highest BCUT2D eigenvalue weighted by atomic mass is 35.5. The average Bonchev–Trinajstić information content (AvgIpc) is 3.41. The molecule has 1 aromatic heterocycles. The summed E-state index contributed by atoms with van der Waals surface area (Å²) < 4.78 is 1.68. The van der Waals surface area contributed by atoms with E-state index in [1.807, 2.05) is 48.5 Å². The number of unbranched alkanes of at least 4 members (excludes halogenated alkanes) is 1. The fraction of sp³-hybridized carbons (Fsp3) is 0.273. The molecule has 158 valence electrons. The number of hydrogen-bond donors (Lipinski definition) is 1. The van der Waals surface area contributed by atoms with Crippen molar-refractivity contribution in [1.29, 1.82) is 0 Å². The number of hydrogen-bond acceptors (Lipinski definition) is 6. The lowest BCUT2D eigenvalue weighted by atomic mass is 9.96. The van der Waals surface area contributed by atoms with Crippen molar-refractivity contribution in [3.63, 3.8) is 0 Å². The second kappa shape index (κ2) is 9.18. The van der Waals surface area contributed by atoms with Crippen molar-refractivity contribution in [2.75, 3.05) is 0 Å². The normalized spacial score (nSPS) is 13.2. The fourth-order valence-corrected chi connectivity index (χ4v) is 3.93. The van der Waals surface area contributed by atoms with Crippen LogP contribution in [0.3, 0.4) is 0 Å². The van der Waals surface area contributed by atoms with E-state index in [4.69, 9.17) is 11.6 Å². The summed E-state index contributed by atoms with van der Waals surface area (Å²) in [4.78, 5) is 16.1. The van der Waals surface area contributed by atoms with Gasteiger partial charge in [-0.05, 0) is 39.6 Å². The Balaban J connectivity index is 1.76. The van der Waals surface area contributed by atoms with E-state index in [0.717, 1.165) is 35.1 Å². The molecule has 0 aliphatic carbocycles. The molecule has 2 heterocycles. The van der Waals surface area contributed by atoms with Gasteiger partial charge < -0.3 is 9.67 Å². The average molecular weight is 437 g/mol. The smallest absolute Gasteiger partial charge is 0.355 e. The summed E-state index contributed by atoms with van der Waals surface area (Å²) in [5.74, 6) is -0.432. The Hall–Kier alpha value is -3.39.